The highest BCUT2D eigenvalue weighted by molar-refractivity contribution is 5.93. The molecule has 1 aromatic heterocycles. The van der Waals surface area contributed by atoms with Crippen molar-refractivity contribution >= 4 is 5.91 Å². The van der Waals surface area contributed by atoms with Crippen LogP contribution in [0.2, 0.25) is 0 Å². The molecule has 0 saturated heterocycles. The number of unbranched alkanes of at least 4 members (excludes halogenated alkanes) is 1. The zero-order valence-electron chi connectivity index (χ0n) is 12.6. The second kappa shape index (κ2) is 6.92. The Bertz CT molecular complexity index is 602. The first kappa shape index (κ1) is 15.1. The van der Waals surface area contributed by atoms with Gasteiger partial charge in [-0.15, -0.1) is 0 Å². The summed E-state index contributed by atoms with van der Waals surface area (Å²) in [6.07, 6.45) is 1.99. The number of aromatic nitrogens is 1. The topological polar surface area (TPSA) is 64.4 Å². The van der Waals surface area contributed by atoms with Crippen molar-refractivity contribution in [3.63, 3.8) is 0 Å². The quantitative estimate of drug-likeness (QED) is 0.829. The Morgan fingerprint density at radius 1 is 1.33 bits per heavy atom. The molecule has 5 heteroatoms. The van der Waals surface area contributed by atoms with E-state index < -0.39 is 0 Å². The Kier molecular flexibility index (Phi) is 4.98. The normalized spacial score (nSPS) is 10.4. The van der Waals surface area contributed by atoms with E-state index in [1.54, 1.807) is 14.0 Å². The minimum absolute atomic E-state index is 0.190. The van der Waals surface area contributed by atoms with E-state index in [0.29, 0.717) is 23.9 Å². The predicted molar refractivity (Wildman–Crippen MR) is 80.5 cm³/mol. The van der Waals surface area contributed by atoms with Gasteiger partial charge in [-0.25, -0.2) is 4.98 Å². The number of hydrogen-bond acceptors (Lipinski definition) is 4. The van der Waals surface area contributed by atoms with Crippen LogP contribution in [0.5, 0.6) is 5.75 Å². The monoisotopic (exact) mass is 288 g/mol. The minimum atomic E-state index is -0.190. The molecule has 0 aliphatic heterocycles. The fraction of sp³-hybridized carbons (Fsp3) is 0.375. The summed E-state index contributed by atoms with van der Waals surface area (Å²) in [6, 6.07) is 7.36. The van der Waals surface area contributed by atoms with Crippen molar-refractivity contribution in [1.82, 2.24) is 10.3 Å². The highest BCUT2D eigenvalue weighted by atomic mass is 16.5. The summed E-state index contributed by atoms with van der Waals surface area (Å²) in [7, 11) is 1.61. The molecule has 0 bridgehead atoms. The van der Waals surface area contributed by atoms with Crippen LogP contribution in [0.15, 0.2) is 28.7 Å². The first-order valence-electron chi connectivity index (χ1n) is 7.05. The number of nitrogens with zero attached hydrogens (tertiary/aromatic N) is 1. The van der Waals surface area contributed by atoms with Crippen molar-refractivity contribution in [2.24, 2.45) is 0 Å². The fourth-order valence-electron chi connectivity index (χ4n) is 1.93. The Balaban J connectivity index is 2.15. The summed E-state index contributed by atoms with van der Waals surface area (Å²) >= 11 is 0. The van der Waals surface area contributed by atoms with Crippen molar-refractivity contribution in [3.05, 3.63) is 35.7 Å². The number of nitrogens with one attached hydrogen (secondary N) is 1. The van der Waals surface area contributed by atoms with E-state index in [9.17, 15) is 4.79 Å². The van der Waals surface area contributed by atoms with Gasteiger partial charge in [-0.2, -0.15) is 0 Å². The van der Waals surface area contributed by atoms with Crippen molar-refractivity contribution in [2.75, 3.05) is 13.7 Å². The standard InChI is InChI=1S/C16H20N2O3/c1-4-5-10-17-15(19)14-11(2)21-16(18-14)12-6-8-13(20-3)9-7-12/h6-9H,4-5,10H2,1-3H3,(H,17,19). The van der Waals surface area contributed by atoms with Crippen LogP contribution in [0, 0.1) is 6.92 Å². The van der Waals surface area contributed by atoms with E-state index in [1.807, 2.05) is 24.3 Å². The lowest BCUT2D eigenvalue weighted by atomic mass is 10.2. The maximum Gasteiger partial charge on any atom is 0.273 e. The van der Waals surface area contributed by atoms with Crippen LogP contribution in [0.3, 0.4) is 0 Å². The highest BCUT2D eigenvalue weighted by Gasteiger charge is 2.17. The number of carbonyl (C=O) groups excluding carboxylic acids is 1. The number of aryl methyl sites for hydroxylation is 1. The third-order valence-corrected chi connectivity index (χ3v) is 3.16. The van der Waals surface area contributed by atoms with Crippen molar-refractivity contribution < 1.29 is 13.9 Å². The van der Waals surface area contributed by atoms with Gasteiger partial charge in [-0.3, -0.25) is 4.79 Å². The van der Waals surface area contributed by atoms with Crippen LogP contribution in [0.25, 0.3) is 11.5 Å². The number of rotatable bonds is 6. The number of oxazole rings is 1. The van der Waals surface area contributed by atoms with Gasteiger partial charge in [-0.05, 0) is 37.6 Å². The molecule has 2 rings (SSSR count). The molecular formula is C16H20N2O3. The molecule has 0 unspecified atom stereocenters. The second-order valence-corrected chi connectivity index (χ2v) is 4.76. The van der Waals surface area contributed by atoms with E-state index in [-0.39, 0.29) is 5.91 Å². The first-order chi connectivity index (χ1) is 10.2. The summed E-state index contributed by atoms with van der Waals surface area (Å²) < 4.78 is 10.7. The van der Waals surface area contributed by atoms with Gasteiger partial charge in [0.25, 0.3) is 5.91 Å². The average molecular weight is 288 g/mol. The third-order valence-electron chi connectivity index (χ3n) is 3.16. The van der Waals surface area contributed by atoms with Gasteiger partial charge in [0, 0.05) is 12.1 Å². The molecular weight excluding hydrogens is 268 g/mol. The van der Waals surface area contributed by atoms with E-state index in [4.69, 9.17) is 9.15 Å². The van der Waals surface area contributed by atoms with Crippen molar-refractivity contribution in [2.45, 2.75) is 26.7 Å². The molecule has 1 heterocycles. The molecule has 0 aliphatic carbocycles. The zero-order valence-corrected chi connectivity index (χ0v) is 12.6. The molecule has 0 radical (unpaired) electrons. The molecule has 0 fully saturated rings. The molecule has 0 aliphatic rings. The van der Waals surface area contributed by atoms with Crippen LogP contribution >= 0.6 is 0 Å². The number of ether oxygens (including phenoxy) is 1. The first-order valence-corrected chi connectivity index (χ1v) is 7.05. The zero-order chi connectivity index (χ0) is 15.2. The van der Waals surface area contributed by atoms with Gasteiger partial charge in [0.1, 0.15) is 11.5 Å². The predicted octanol–water partition coefficient (Wildman–Crippen LogP) is 3.19. The molecule has 1 N–H and O–H groups in total. The molecule has 1 amide bonds. The lowest BCUT2D eigenvalue weighted by Crippen LogP contribution is -2.25. The average Bonchev–Trinajstić information content (AvgIpc) is 2.89. The molecule has 21 heavy (non-hydrogen) atoms. The van der Waals surface area contributed by atoms with E-state index in [1.165, 1.54) is 0 Å². The van der Waals surface area contributed by atoms with E-state index in [2.05, 4.69) is 17.2 Å². The molecule has 0 spiro atoms. The SMILES string of the molecule is CCCCNC(=O)c1nc(-c2ccc(OC)cc2)oc1C. The Labute approximate surface area is 124 Å². The Morgan fingerprint density at radius 3 is 2.67 bits per heavy atom. The van der Waals surface area contributed by atoms with Crippen molar-refractivity contribution in [3.8, 4) is 17.2 Å². The lowest BCUT2D eigenvalue weighted by molar-refractivity contribution is 0.0947. The summed E-state index contributed by atoms with van der Waals surface area (Å²) in [6.45, 7) is 4.48. The van der Waals surface area contributed by atoms with Gasteiger partial charge >= 0.3 is 0 Å². The summed E-state index contributed by atoms with van der Waals surface area (Å²) in [5.74, 6) is 1.54. The Morgan fingerprint density at radius 2 is 2.05 bits per heavy atom. The molecule has 0 atom stereocenters. The maximum atomic E-state index is 12.0. The van der Waals surface area contributed by atoms with Crippen LogP contribution < -0.4 is 10.1 Å². The lowest BCUT2D eigenvalue weighted by Gasteiger charge is -2.01. The number of hydrogen-bond donors (Lipinski definition) is 1. The van der Waals surface area contributed by atoms with Crippen molar-refractivity contribution in [1.29, 1.82) is 0 Å². The smallest absolute Gasteiger partial charge is 0.273 e. The largest absolute Gasteiger partial charge is 0.497 e. The van der Waals surface area contributed by atoms with Gasteiger partial charge in [0.2, 0.25) is 5.89 Å². The number of benzene rings is 1. The summed E-state index contributed by atoms with van der Waals surface area (Å²) in [5, 5.41) is 2.84. The Hall–Kier alpha value is -2.30. The molecule has 5 nitrogen and oxygen atoms in total. The van der Waals surface area contributed by atoms with Crippen LogP contribution in [0.1, 0.15) is 36.0 Å². The van der Waals surface area contributed by atoms with Gasteiger partial charge < -0.3 is 14.5 Å². The fourth-order valence-corrected chi connectivity index (χ4v) is 1.93. The van der Waals surface area contributed by atoms with Gasteiger partial charge in [0.15, 0.2) is 5.69 Å². The van der Waals surface area contributed by atoms with Crippen LogP contribution in [-0.4, -0.2) is 24.5 Å². The maximum absolute atomic E-state index is 12.0. The van der Waals surface area contributed by atoms with E-state index >= 15 is 0 Å². The molecule has 0 saturated carbocycles. The van der Waals surface area contributed by atoms with Crippen LogP contribution in [0.4, 0.5) is 0 Å². The number of amides is 1. The molecule has 2 aromatic rings. The molecule has 1 aromatic carbocycles. The summed E-state index contributed by atoms with van der Waals surface area (Å²) in [4.78, 5) is 16.3. The summed E-state index contributed by atoms with van der Waals surface area (Å²) in [5.41, 5.74) is 1.16. The van der Waals surface area contributed by atoms with Gasteiger partial charge in [0.05, 0.1) is 7.11 Å². The van der Waals surface area contributed by atoms with Crippen LogP contribution in [-0.2, 0) is 0 Å². The minimum Gasteiger partial charge on any atom is -0.497 e. The molecule has 112 valence electrons. The number of methoxy groups -OCH3 is 1. The second-order valence-electron chi connectivity index (χ2n) is 4.76. The third kappa shape index (κ3) is 3.62. The van der Waals surface area contributed by atoms with Gasteiger partial charge in [-0.1, -0.05) is 13.3 Å². The highest BCUT2D eigenvalue weighted by Crippen LogP contribution is 2.23. The van der Waals surface area contributed by atoms with E-state index in [0.717, 1.165) is 24.2 Å². The number of carbonyl (C=O) groups is 1.